The lowest BCUT2D eigenvalue weighted by molar-refractivity contribution is 0.160. The van der Waals surface area contributed by atoms with Crippen molar-refractivity contribution in [3.05, 3.63) is 34.4 Å². The van der Waals surface area contributed by atoms with Gasteiger partial charge in [-0.15, -0.1) is 23.4 Å². The second-order valence-electron chi connectivity index (χ2n) is 3.11. The summed E-state index contributed by atoms with van der Waals surface area (Å²) in [6.07, 6.45) is 0.649. The first-order chi connectivity index (χ1) is 7.00. The number of halogens is 3. The minimum Gasteiger partial charge on any atom is -0.445 e. The van der Waals surface area contributed by atoms with Crippen molar-refractivity contribution in [1.82, 2.24) is 0 Å². The first-order valence-corrected chi connectivity index (χ1v) is 5.36. The van der Waals surface area contributed by atoms with Gasteiger partial charge in [0.05, 0.1) is 6.61 Å². The Morgan fingerprint density at radius 2 is 2.20 bits per heavy atom. The summed E-state index contributed by atoms with van der Waals surface area (Å²) < 4.78 is 41.0. The molecule has 0 bridgehead atoms. The van der Waals surface area contributed by atoms with Gasteiger partial charge in [0.1, 0.15) is 0 Å². The number of hydrogen-bond donors (Lipinski definition) is 0. The van der Waals surface area contributed by atoms with E-state index in [1.165, 1.54) is 0 Å². The van der Waals surface area contributed by atoms with Crippen molar-refractivity contribution in [1.29, 1.82) is 0 Å². The number of ether oxygens (including phenoxy) is 1. The lowest BCUT2D eigenvalue weighted by atomic mass is 9.81. The Morgan fingerprint density at radius 3 is 2.73 bits per heavy atom. The van der Waals surface area contributed by atoms with Crippen LogP contribution < -0.4 is 0 Å². The molecule has 0 atom stereocenters. The number of rotatable bonds is 6. The van der Waals surface area contributed by atoms with Crippen LogP contribution in [0.5, 0.6) is 0 Å². The van der Waals surface area contributed by atoms with Crippen molar-refractivity contribution in [2.75, 3.05) is 13.2 Å². The topological polar surface area (TPSA) is 9.23 Å². The number of thiophene rings is 1. The van der Waals surface area contributed by atoms with Crippen LogP contribution in [-0.2, 0) is 11.2 Å². The average Bonchev–Trinajstić information content (AvgIpc) is 2.63. The SMILES string of the molecule is C=C(COCCc1cccs1)[B-](F)(F)F. The van der Waals surface area contributed by atoms with E-state index in [0.717, 1.165) is 4.88 Å². The van der Waals surface area contributed by atoms with Crippen LogP contribution in [0, 0.1) is 0 Å². The molecule has 0 radical (unpaired) electrons. The Bertz CT molecular complexity index is 308. The summed E-state index contributed by atoms with van der Waals surface area (Å²) >= 11 is 1.57. The molecule has 15 heavy (non-hydrogen) atoms. The highest BCUT2D eigenvalue weighted by molar-refractivity contribution is 7.09. The summed E-state index contributed by atoms with van der Waals surface area (Å²) in [6.45, 7) is -2.14. The van der Waals surface area contributed by atoms with E-state index in [4.69, 9.17) is 4.74 Å². The van der Waals surface area contributed by atoms with Gasteiger partial charge in [-0.25, -0.2) is 0 Å². The molecule has 1 aromatic rings. The third kappa shape index (κ3) is 4.53. The van der Waals surface area contributed by atoms with E-state index in [9.17, 15) is 12.9 Å². The summed E-state index contributed by atoms with van der Waals surface area (Å²) in [6, 6.07) is 3.83. The normalized spacial score (nSPS) is 11.7. The molecule has 0 saturated carbocycles. The smallest absolute Gasteiger partial charge is 0.445 e. The molecule has 0 amide bonds. The van der Waals surface area contributed by atoms with E-state index < -0.39 is 19.1 Å². The van der Waals surface area contributed by atoms with Crippen molar-refractivity contribution in [2.24, 2.45) is 0 Å². The predicted octanol–water partition coefficient (Wildman–Crippen LogP) is 3.25. The van der Waals surface area contributed by atoms with Gasteiger partial charge < -0.3 is 17.7 Å². The fraction of sp³-hybridized carbons (Fsp3) is 0.333. The fourth-order valence-electron chi connectivity index (χ4n) is 0.925. The van der Waals surface area contributed by atoms with Gasteiger partial charge in [-0.1, -0.05) is 6.07 Å². The van der Waals surface area contributed by atoms with Crippen LogP contribution in [0.3, 0.4) is 0 Å². The highest BCUT2D eigenvalue weighted by Gasteiger charge is 2.26. The van der Waals surface area contributed by atoms with Gasteiger partial charge in [0.25, 0.3) is 0 Å². The molecule has 1 aromatic heterocycles. The largest absolute Gasteiger partial charge is 0.507 e. The maximum absolute atomic E-state index is 12.0. The van der Waals surface area contributed by atoms with Crippen LogP contribution in [-0.4, -0.2) is 20.2 Å². The van der Waals surface area contributed by atoms with Crippen molar-refractivity contribution in [2.45, 2.75) is 6.42 Å². The molecule has 1 heterocycles. The average molecular weight is 235 g/mol. The highest BCUT2D eigenvalue weighted by Crippen LogP contribution is 2.18. The van der Waals surface area contributed by atoms with Crippen LogP contribution in [0.2, 0.25) is 0 Å². The van der Waals surface area contributed by atoms with E-state index in [1.807, 2.05) is 17.5 Å². The zero-order valence-electron chi connectivity index (χ0n) is 8.09. The zero-order valence-corrected chi connectivity index (χ0v) is 8.90. The van der Waals surface area contributed by atoms with E-state index in [0.29, 0.717) is 13.0 Å². The molecule has 0 aliphatic rings. The Hall–Kier alpha value is -0.745. The van der Waals surface area contributed by atoms with Gasteiger partial charge in [-0.05, 0) is 11.4 Å². The molecule has 1 nitrogen and oxygen atoms in total. The molecular formula is C9H11BF3OS-. The summed E-state index contributed by atoms with van der Waals surface area (Å²) in [7, 11) is 0. The molecule has 0 fully saturated rings. The standard InChI is InChI=1S/C9H11BF3OS/c1-8(10(11,12)13)7-14-5-4-9-3-2-6-15-9/h2-3,6H,1,4-5,7H2/q-1. The van der Waals surface area contributed by atoms with Gasteiger partial charge in [0, 0.05) is 17.9 Å². The maximum Gasteiger partial charge on any atom is 0.507 e. The first kappa shape index (κ1) is 12.3. The molecule has 0 unspecified atom stereocenters. The lowest BCUT2D eigenvalue weighted by Gasteiger charge is -2.17. The molecule has 0 N–H and O–H groups in total. The maximum atomic E-state index is 12.0. The van der Waals surface area contributed by atoms with Crippen LogP contribution >= 0.6 is 11.3 Å². The molecule has 84 valence electrons. The Morgan fingerprint density at radius 1 is 1.47 bits per heavy atom. The Kier molecular flexibility index (Phi) is 4.41. The Labute approximate surface area is 90.6 Å². The molecule has 0 aliphatic heterocycles. The third-order valence-corrected chi connectivity index (χ3v) is 2.76. The molecule has 0 saturated heterocycles. The first-order valence-electron chi connectivity index (χ1n) is 4.48. The minimum atomic E-state index is -4.95. The summed E-state index contributed by atoms with van der Waals surface area (Å²) in [5.41, 5.74) is -0.777. The monoisotopic (exact) mass is 235 g/mol. The quantitative estimate of drug-likeness (QED) is 0.543. The fourth-order valence-corrected chi connectivity index (χ4v) is 1.62. The van der Waals surface area contributed by atoms with Gasteiger partial charge in [0.2, 0.25) is 0 Å². The van der Waals surface area contributed by atoms with E-state index in [2.05, 4.69) is 6.58 Å². The highest BCUT2D eigenvalue weighted by atomic mass is 32.1. The van der Waals surface area contributed by atoms with Gasteiger partial charge >= 0.3 is 6.98 Å². The van der Waals surface area contributed by atoms with Crippen LogP contribution in [0.1, 0.15) is 4.88 Å². The van der Waals surface area contributed by atoms with E-state index in [1.54, 1.807) is 11.3 Å². The van der Waals surface area contributed by atoms with E-state index in [-0.39, 0.29) is 0 Å². The molecule has 6 heteroatoms. The van der Waals surface area contributed by atoms with Crippen molar-refractivity contribution < 1.29 is 17.7 Å². The zero-order chi connectivity index (χ0) is 11.3. The van der Waals surface area contributed by atoms with Crippen molar-refractivity contribution in [3.63, 3.8) is 0 Å². The summed E-state index contributed by atoms with van der Waals surface area (Å²) in [5, 5.41) is 1.92. The minimum absolute atomic E-state index is 0.297. The molecule has 1 rings (SSSR count). The van der Waals surface area contributed by atoms with Crippen LogP contribution in [0.15, 0.2) is 29.6 Å². The summed E-state index contributed by atoms with van der Waals surface area (Å²) in [5.74, 6) is 0. The van der Waals surface area contributed by atoms with Gasteiger partial charge in [-0.3, -0.25) is 0 Å². The van der Waals surface area contributed by atoms with Gasteiger partial charge in [-0.2, -0.15) is 0 Å². The van der Waals surface area contributed by atoms with Crippen molar-refractivity contribution in [3.8, 4) is 0 Å². The molecule has 0 aromatic carbocycles. The summed E-state index contributed by atoms with van der Waals surface area (Å²) in [4.78, 5) is 1.11. The van der Waals surface area contributed by atoms with Crippen LogP contribution in [0.25, 0.3) is 0 Å². The second-order valence-corrected chi connectivity index (χ2v) is 4.15. The Balaban J connectivity index is 2.15. The molecule has 0 spiro atoms. The van der Waals surface area contributed by atoms with Gasteiger partial charge in [0.15, 0.2) is 0 Å². The number of hydrogen-bond acceptors (Lipinski definition) is 2. The van der Waals surface area contributed by atoms with Crippen molar-refractivity contribution >= 4 is 18.3 Å². The molecule has 0 aliphatic carbocycles. The lowest BCUT2D eigenvalue weighted by Crippen LogP contribution is -2.22. The van der Waals surface area contributed by atoms with Crippen LogP contribution in [0.4, 0.5) is 12.9 Å². The van der Waals surface area contributed by atoms with E-state index >= 15 is 0 Å². The molecular weight excluding hydrogens is 224 g/mol. The predicted molar refractivity (Wildman–Crippen MR) is 57.1 cm³/mol. The third-order valence-electron chi connectivity index (χ3n) is 1.82. The second kappa shape index (κ2) is 5.37.